The van der Waals surface area contributed by atoms with Crippen molar-refractivity contribution in [2.45, 2.75) is 33.5 Å². The molecule has 0 saturated carbocycles. The van der Waals surface area contributed by atoms with Gasteiger partial charge in [0, 0.05) is 12.1 Å². The van der Waals surface area contributed by atoms with E-state index in [0.717, 1.165) is 5.56 Å². The van der Waals surface area contributed by atoms with Crippen molar-refractivity contribution in [2.24, 2.45) is 0 Å². The predicted octanol–water partition coefficient (Wildman–Crippen LogP) is 0.707. The van der Waals surface area contributed by atoms with Crippen molar-refractivity contribution in [3.05, 3.63) is 23.8 Å². The Balaban J connectivity index is 2.60. The molecule has 112 valence electrons. The highest BCUT2D eigenvalue weighted by atomic mass is 16.5. The first kappa shape index (κ1) is 17.0. The number of benzene rings is 1. The first-order valence-electron chi connectivity index (χ1n) is 6.89. The lowest BCUT2D eigenvalue weighted by molar-refractivity contribution is -0.00715. The number of hydrogen-bond donors (Lipinski definition) is 2. The van der Waals surface area contributed by atoms with Crippen LogP contribution >= 0.6 is 0 Å². The zero-order chi connectivity index (χ0) is 15.0. The number of rotatable bonds is 9. The predicted molar refractivity (Wildman–Crippen MR) is 78.2 cm³/mol. The molecule has 6 heteroatoms. The molecule has 2 N–H and O–H groups in total. The Bertz CT molecular complexity index is 397. The van der Waals surface area contributed by atoms with E-state index in [1.54, 1.807) is 18.2 Å². The molecule has 0 heterocycles. The SMILES string of the molecule is CCOc1cc(COC[C@@H](C)OCC)ccc1B(O)O. The highest BCUT2D eigenvalue weighted by Gasteiger charge is 2.17. The maximum atomic E-state index is 9.26. The van der Waals surface area contributed by atoms with Gasteiger partial charge in [-0.05, 0) is 32.4 Å². The summed E-state index contributed by atoms with van der Waals surface area (Å²) in [5.74, 6) is 0.474. The van der Waals surface area contributed by atoms with Crippen molar-refractivity contribution in [1.82, 2.24) is 0 Å². The van der Waals surface area contributed by atoms with Crippen LogP contribution in [-0.4, -0.2) is 43.1 Å². The van der Waals surface area contributed by atoms with Crippen LogP contribution < -0.4 is 10.2 Å². The lowest BCUT2D eigenvalue weighted by Crippen LogP contribution is -2.31. The highest BCUT2D eigenvalue weighted by Crippen LogP contribution is 2.13. The Kier molecular flexibility index (Phi) is 7.61. The molecule has 0 radical (unpaired) electrons. The van der Waals surface area contributed by atoms with E-state index in [1.165, 1.54) is 0 Å². The van der Waals surface area contributed by atoms with Crippen LogP contribution in [0.25, 0.3) is 0 Å². The zero-order valence-corrected chi connectivity index (χ0v) is 12.3. The van der Waals surface area contributed by atoms with Crippen molar-refractivity contribution in [3.63, 3.8) is 0 Å². The molecule has 0 amide bonds. The monoisotopic (exact) mass is 282 g/mol. The fourth-order valence-electron chi connectivity index (χ4n) is 1.84. The topological polar surface area (TPSA) is 68.2 Å². The van der Waals surface area contributed by atoms with E-state index in [1.807, 2.05) is 20.8 Å². The summed E-state index contributed by atoms with van der Waals surface area (Å²) in [5.41, 5.74) is 1.28. The molecule has 1 aromatic rings. The van der Waals surface area contributed by atoms with Gasteiger partial charge < -0.3 is 24.3 Å². The van der Waals surface area contributed by atoms with E-state index in [9.17, 15) is 10.0 Å². The Morgan fingerprint density at radius 1 is 1.20 bits per heavy atom. The third-order valence-electron chi connectivity index (χ3n) is 2.73. The summed E-state index contributed by atoms with van der Waals surface area (Å²) in [6.07, 6.45) is 0.0601. The fraction of sp³-hybridized carbons (Fsp3) is 0.571. The molecule has 0 bridgehead atoms. The van der Waals surface area contributed by atoms with Crippen molar-refractivity contribution >= 4 is 12.6 Å². The Morgan fingerprint density at radius 3 is 2.55 bits per heavy atom. The minimum absolute atomic E-state index is 0.0601. The van der Waals surface area contributed by atoms with Crippen LogP contribution in [-0.2, 0) is 16.1 Å². The first-order chi connectivity index (χ1) is 9.58. The van der Waals surface area contributed by atoms with Gasteiger partial charge in [0.05, 0.1) is 25.9 Å². The minimum Gasteiger partial charge on any atom is -0.494 e. The van der Waals surface area contributed by atoms with Crippen LogP contribution in [0.4, 0.5) is 0 Å². The van der Waals surface area contributed by atoms with E-state index in [4.69, 9.17) is 14.2 Å². The zero-order valence-electron chi connectivity index (χ0n) is 12.3. The molecule has 0 fully saturated rings. The highest BCUT2D eigenvalue weighted by molar-refractivity contribution is 6.59. The third kappa shape index (κ3) is 5.50. The van der Waals surface area contributed by atoms with E-state index in [0.29, 0.717) is 37.6 Å². The summed E-state index contributed by atoms with van der Waals surface area (Å²) < 4.78 is 16.3. The van der Waals surface area contributed by atoms with Crippen LogP contribution in [0.3, 0.4) is 0 Å². The molecule has 1 aromatic carbocycles. The van der Waals surface area contributed by atoms with Gasteiger partial charge in [-0.3, -0.25) is 0 Å². The standard InChI is InChI=1S/C14H23BO5/c1-4-19-11(3)9-18-10-12-6-7-13(15(16)17)14(8-12)20-5-2/h6-8,11,16-17H,4-5,9-10H2,1-3H3/t11-/m1/s1. The van der Waals surface area contributed by atoms with Gasteiger partial charge in [0.2, 0.25) is 0 Å². The minimum atomic E-state index is -1.54. The summed E-state index contributed by atoms with van der Waals surface area (Å²) in [7, 11) is -1.54. The molecule has 1 rings (SSSR count). The van der Waals surface area contributed by atoms with Crippen molar-refractivity contribution in [1.29, 1.82) is 0 Å². The normalized spacial score (nSPS) is 12.2. The molecule has 5 nitrogen and oxygen atoms in total. The van der Waals surface area contributed by atoms with Crippen molar-refractivity contribution < 1.29 is 24.3 Å². The van der Waals surface area contributed by atoms with Gasteiger partial charge >= 0.3 is 7.12 Å². The first-order valence-corrected chi connectivity index (χ1v) is 6.89. The van der Waals surface area contributed by atoms with Gasteiger partial charge in [-0.15, -0.1) is 0 Å². The second kappa shape index (κ2) is 8.97. The summed E-state index contributed by atoms with van der Waals surface area (Å²) in [5, 5.41) is 18.5. The van der Waals surface area contributed by atoms with Gasteiger partial charge in [0.1, 0.15) is 5.75 Å². The average Bonchev–Trinajstić information content (AvgIpc) is 2.39. The van der Waals surface area contributed by atoms with Crippen molar-refractivity contribution in [2.75, 3.05) is 19.8 Å². The Labute approximate surface area is 120 Å². The molecular weight excluding hydrogens is 259 g/mol. The van der Waals surface area contributed by atoms with Gasteiger partial charge in [-0.25, -0.2) is 0 Å². The molecule has 1 atom stereocenters. The number of ether oxygens (including phenoxy) is 3. The lowest BCUT2D eigenvalue weighted by Gasteiger charge is -2.14. The molecule has 0 unspecified atom stereocenters. The Morgan fingerprint density at radius 2 is 1.95 bits per heavy atom. The molecule has 0 saturated heterocycles. The smallest absolute Gasteiger partial charge is 0.492 e. The van der Waals surface area contributed by atoms with E-state index in [2.05, 4.69) is 0 Å². The molecule has 0 aromatic heterocycles. The van der Waals surface area contributed by atoms with Gasteiger partial charge in [-0.2, -0.15) is 0 Å². The summed E-state index contributed by atoms with van der Waals surface area (Å²) in [4.78, 5) is 0. The Hall–Kier alpha value is -1.08. The summed E-state index contributed by atoms with van der Waals surface area (Å²) in [6.45, 7) is 7.83. The largest absolute Gasteiger partial charge is 0.494 e. The summed E-state index contributed by atoms with van der Waals surface area (Å²) >= 11 is 0. The van der Waals surface area contributed by atoms with E-state index in [-0.39, 0.29) is 6.10 Å². The maximum absolute atomic E-state index is 9.26. The van der Waals surface area contributed by atoms with Crippen molar-refractivity contribution in [3.8, 4) is 5.75 Å². The van der Waals surface area contributed by atoms with E-state index < -0.39 is 7.12 Å². The molecular formula is C14H23BO5. The maximum Gasteiger partial charge on any atom is 0.492 e. The van der Waals surface area contributed by atoms with Crippen LogP contribution in [0.15, 0.2) is 18.2 Å². The van der Waals surface area contributed by atoms with Gasteiger partial charge in [-0.1, -0.05) is 12.1 Å². The molecule has 0 aliphatic rings. The van der Waals surface area contributed by atoms with Gasteiger partial charge in [0.15, 0.2) is 0 Å². The fourth-order valence-corrected chi connectivity index (χ4v) is 1.84. The van der Waals surface area contributed by atoms with Crippen LogP contribution in [0.1, 0.15) is 26.3 Å². The lowest BCUT2D eigenvalue weighted by atomic mass is 9.79. The van der Waals surface area contributed by atoms with Crippen LogP contribution in [0.5, 0.6) is 5.75 Å². The van der Waals surface area contributed by atoms with Crippen LogP contribution in [0.2, 0.25) is 0 Å². The quantitative estimate of drug-likeness (QED) is 0.653. The molecule has 0 aliphatic heterocycles. The van der Waals surface area contributed by atoms with Crippen LogP contribution in [0, 0.1) is 0 Å². The molecule has 0 aliphatic carbocycles. The summed E-state index contributed by atoms with van der Waals surface area (Å²) in [6, 6.07) is 5.20. The second-order valence-corrected chi connectivity index (χ2v) is 4.46. The third-order valence-corrected chi connectivity index (χ3v) is 2.73. The average molecular weight is 282 g/mol. The van der Waals surface area contributed by atoms with E-state index >= 15 is 0 Å². The number of hydrogen-bond acceptors (Lipinski definition) is 5. The van der Waals surface area contributed by atoms with Gasteiger partial charge in [0.25, 0.3) is 0 Å². The molecule has 20 heavy (non-hydrogen) atoms. The second-order valence-electron chi connectivity index (χ2n) is 4.46. The molecule has 0 spiro atoms.